The van der Waals surface area contributed by atoms with Crippen molar-refractivity contribution < 1.29 is 13.9 Å². The van der Waals surface area contributed by atoms with Gasteiger partial charge in [-0.2, -0.15) is 0 Å². The molecule has 1 saturated heterocycles. The number of piperazine rings is 1. The van der Waals surface area contributed by atoms with Crippen LogP contribution in [0, 0.1) is 6.92 Å². The Morgan fingerprint density at radius 2 is 1.93 bits per heavy atom. The number of aliphatic imine (C=N–C) groups is 1. The topological polar surface area (TPSA) is 70.3 Å². The Hall–Kier alpha value is -2.96. The molecule has 0 bridgehead atoms. The Kier molecular flexibility index (Phi) is 6.01. The quantitative estimate of drug-likeness (QED) is 0.506. The van der Waals surface area contributed by atoms with Crippen molar-refractivity contribution in [2.75, 3.05) is 45.2 Å². The number of nitrogens with zero attached hydrogens (tertiary/aromatic N) is 3. The molecule has 0 aliphatic carbocycles. The molecular formula is C20H26N4O3. The monoisotopic (exact) mass is 370 g/mol. The average molecular weight is 370 g/mol. The maximum atomic E-state index is 11.7. The van der Waals surface area contributed by atoms with Gasteiger partial charge >= 0.3 is 5.97 Å². The Balaban J connectivity index is 1.55. The molecule has 0 spiro atoms. The molecule has 0 atom stereocenters. The largest absolute Gasteiger partial charge is 0.465 e. The zero-order valence-corrected chi connectivity index (χ0v) is 16.1. The Morgan fingerprint density at radius 1 is 1.22 bits per heavy atom. The highest BCUT2D eigenvalue weighted by Crippen LogP contribution is 2.17. The number of guanidine groups is 1. The van der Waals surface area contributed by atoms with E-state index in [4.69, 9.17) is 9.15 Å². The number of hydrogen-bond acceptors (Lipinski definition) is 5. The summed E-state index contributed by atoms with van der Waals surface area (Å²) in [5.74, 6) is 1.68. The van der Waals surface area contributed by atoms with Crippen LogP contribution >= 0.6 is 0 Å². The molecular weight excluding hydrogens is 344 g/mol. The first kappa shape index (κ1) is 18.8. The first-order chi connectivity index (χ1) is 13.1. The Labute approximate surface area is 159 Å². The van der Waals surface area contributed by atoms with Crippen molar-refractivity contribution in [2.45, 2.75) is 13.5 Å². The van der Waals surface area contributed by atoms with Crippen molar-refractivity contribution in [1.29, 1.82) is 0 Å². The summed E-state index contributed by atoms with van der Waals surface area (Å²) in [6.45, 7) is 5.88. The van der Waals surface area contributed by atoms with Gasteiger partial charge in [-0.15, -0.1) is 0 Å². The van der Waals surface area contributed by atoms with Crippen molar-refractivity contribution in [3.8, 4) is 0 Å². The van der Waals surface area contributed by atoms with Gasteiger partial charge in [0.1, 0.15) is 17.1 Å². The summed E-state index contributed by atoms with van der Waals surface area (Å²) in [6, 6.07) is 12.2. The summed E-state index contributed by atoms with van der Waals surface area (Å²) < 4.78 is 10.4. The molecule has 144 valence electrons. The van der Waals surface area contributed by atoms with Crippen molar-refractivity contribution in [2.24, 2.45) is 4.99 Å². The van der Waals surface area contributed by atoms with Crippen LogP contribution in [0.5, 0.6) is 0 Å². The summed E-state index contributed by atoms with van der Waals surface area (Å²) in [4.78, 5) is 20.7. The third-order valence-corrected chi connectivity index (χ3v) is 4.71. The maximum absolute atomic E-state index is 11.7. The number of nitrogens with one attached hydrogen (secondary N) is 1. The van der Waals surface area contributed by atoms with Gasteiger partial charge in [-0.05, 0) is 25.1 Å². The summed E-state index contributed by atoms with van der Waals surface area (Å²) in [5.41, 5.74) is 1.71. The van der Waals surface area contributed by atoms with E-state index in [0.29, 0.717) is 23.6 Å². The molecule has 7 nitrogen and oxygen atoms in total. The van der Waals surface area contributed by atoms with Gasteiger partial charge in [0, 0.05) is 38.9 Å². The predicted molar refractivity (Wildman–Crippen MR) is 105 cm³/mol. The van der Waals surface area contributed by atoms with Crippen LogP contribution in [0.25, 0.3) is 0 Å². The molecule has 2 heterocycles. The number of aryl methyl sites for hydroxylation is 1. The zero-order chi connectivity index (χ0) is 19.2. The summed E-state index contributed by atoms with van der Waals surface area (Å²) in [6.07, 6.45) is 0. The number of furan rings is 1. The lowest BCUT2D eigenvalue weighted by Gasteiger charge is -2.37. The first-order valence-electron chi connectivity index (χ1n) is 9.05. The number of carbonyl (C=O) groups is 1. The SMILES string of the molecule is CN=C(NCc1cc(C(=O)OC)c(C)o1)N1CCN(c2ccccc2)CC1. The molecule has 1 aliphatic heterocycles. The van der Waals surface area contributed by atoms with Gasteiger partial charge in [-0.1, -0.05) is 18.2 Å². The lowest BCUT2D eigenvalue weighted by Crippen LogP contribution is -2.52. The standard InChI is InChI=1S/C20H26N4O3/c1-15-18(19(25)26-3)13-17(27-15)14-22-20(21-2)24-11-9-23(10-12-24)16-7-5-4-6-8-16/h4-8,13H,9-12,14H2,1-3H3,(H,21,22). The second-order valence-electron chi connectivity index (χ2n) is 6.38. The third-order valence-electron chi connectivity index (χ3n) is 4.71. The van der Waals surface area contributed by atoms with Gasteiger partial charge in [0.2, 0.25) is 0 Å². The summed E-state index contributed by atoms with van der Waals surface area (Å²) in [7, 11) is 3.14. The molecule has 0 saturated carbocycles. The van der Waals surface area contributed by atoms with Gasteiger partial charge in [-0.3, -0.25) is 4.99 Å². The van der Waals surface area contributed by atoms with Gasteiger partial charge in [-0.25, -0.2) is 4.79 Å². The molecule has 1 aliphatic rings. The van der Waals surface area contributed by atoms with Gasteiger partial charge in [0.05, 0.1) is 13.7 Å². The number of benzene rings is 1. The molecule has 2 aromatic rings. The number of ether oxygens (including phenoxy) is 1. The molecule has 0 amide bonds. The van der Waals surface area contributed by atoms with Gasteiger partial charge in [0.25, 0.3) is 0 Å². The molecule has 1 aromatic carbocycles. The van der Waals surface area contributed by atoms with Crippen molar-refractivity contribution in [3.05, 3.63) is 53.5 Å². The van der Waals surface area contributed by atoms with Crippen LogP contribution in [0.2, 0.25) is 0 Å². The molecule has 3 rings (SSSR count). The second kappa shape index (κ2) is 8.62. The van der Waals surface area contributed by atoms with E-state index >= 15 is 0 Å². The number of esters is 1. The average Bonchev–Trinajstić information content (AvgIpc) is 3.09. The predicted octanol–water partition coefficient (Wildman–Crippen LogP) is 2.27. The number of rotatable bonds is 4. The maximum Gasteiger partial charge on any atom is 0.341 e. The normalized spacial score (nSPS) is 15.0. The molecule has 0 unspecified atom stereocenters. The van der Waals surface area contributed by atoms with Crippen LogP contribution in [0.3, 0.4) is 0 Å². The molecule has 7 heteroatoms. The highest BCUT2D eigenvalue weighted by atomic mass is 16.5. The van der Waals surface area contributed by atoms with E-state index in [2.05, 4.69) is 44.4 Å². The number of anilines is 1. The minimum absolute atomic E-state index is 0.385. The van der Waals surface area contributed by atoms with E-state index in [-0.39, 0.29) is 5.97 Å². The molecule has 0 radical (unpaired) electrons. The first-order valence-corrected chi connectivity index (χ1v) is 9.05. The van der Waals surface area contributed by atoms with Crippen LogP contribution in [0.1, 0.15) is 21.9 Å². The fourth-order valence-electron chi connectivity index (χ4n) is 3.26. The van der Waals surface area contributed by atoms with E-state index in [1.54, 1.807) is 20.0 Å². The van der Waals surface area contributed by atoms with Gasteiger partial charge < -0.3 is 24.3 Å². The minimum atomic E-state index is -0.385. The number of methoxy groups -OCH3 is 1. The number of carbonyl (C=O) groups excluding carboxylic acids is 1. The Bertz CT molecular complexity index is 793. The number of hydrogen-bond donors (Lipinski definition) is 1. The smallest absolute Gasteiger partial charge is 0.341 e. The van der Waals surface area contributed by atoms with Crippen LogP contribution < -0.4 is 10.2 Å². The third kappa shape index (κ3) is 4.42. The second-order valence-corrected chi connectivity index (χ2v) is 6.38. The van der Waals surface area contributed by atoms with E-state index in [9.17, 15) is 4.79 Å². The summed E-state index contributed by atoms with van der Waals surface area (Å²) >= 11 is 0. The van der Waals surface area contributed by atoms with E-state index in [0.717, 1.165) is 32.1 Å². The van der Waals surface area contributed by atoms with E-state index < -0.39 is 0 Å². The van der Waals surface area contributed by atoms with Crippen LogP contribution in [0.4, 0.5) is 5.69 Å². The lowest BCUT2D eigenvalue weighted by molar-refractivity contribution is 0.0599. The van der Waals surface area contributed by atoms with E-state index in [1.165, 1.54) is 12.8 Å². The fourth-order valence-corrected chi connectivity index (χ4v) is 3.26. The van der Waals surface area contributed by atoms with Crippen LogP contribution in [-0.4, -0.2) is 57.2 Å². The molecule has 1 aromatic heterocycles. The summed E-state index contributed by atoms with van der Waals surface area (Å²) in [5, 5.41) is 3.32. The lowest BCUT2D eigenvalue weighted by atomic mass is 10.2. The van der Waals surface area contributed by atoms with Crippen molar-refractivity contribution in [1.82, 2.24) is 10.2 Å². The molecule has 1 fully saturated rings. The van der Waals surface area contributed by atoms with Crippen LogP contribution in [-0.2, 0) is 11.3 Å². The Morgan fingerprint density at radius 3 is 2.56 bits per heavy atom. The minimum Gasteiger partial charge on any atom is -0.465 e. The van der Waals surface area contributed by atoms with Crippen molar-refractivity contribution >= 4 is 17.6 Å². The molecule has 27 heavy (non-hydrogen) atoms. The van der Waals surface area contributed by atoms with E-state index in [1.807, 2.05) is 6.07 Å². The van der Waals surface area contributed by atoms with Crippen LogP contribution in [0.15, 0.2) is 45.8 Å². The fraction of sp³-hybridized carbons (Fsp3) is 0.400. The highest BCUT2D eigenvalue weighted by Gasteiger charge is 2.20. The van der Waals surface area contributed by atoms with Gasteiger partial charge in [0.15, 0.2) is 5.96 Å². The number of para-hydroxylation sites is 1. The highest BCUT2D eigenvalue weighted by molar-refractivity contribution is 5.90. The van der Waals surface area contributed by atoms with Crippen molar-refractivity contribution in [3.63, 3.8) is 0 Å². The zero-order valence-electron chi connectivity index (χ0n) is 16.1. The molecule has 1 N–H and O–H groups in total.